The van der Waals surface area contributed by atoms with Gasteiger partial charge in [0.15, 0.2) is 6.29 Å². The third kappa shape index (κ3) is 6.60. The van der Waals surface area contributed by atoms with E-state index in [4.69, 9.17) is 18.6 Å². The molecule has 4 nitrogen and oxygen atoms in total. The molecule has 34 heavy (non-hydrogen) atoms. The summed E-state index contributed by atoms with van der Waals surface area (Å²) in [5.74, 6) is 0.259. The molecule has 3 atom stereocenters. The summed E-state index contributed by atoms with van der Waals surface area (Å²) in [6.07, 6.45) is 7.62. The Bertz CT molecular complexity index is 817. The number of hydrogen-bond acceptors (Lipinski definition) is 4. The number of benzene rings is 2. The summed E-state index contributed by atoms with van der Waals surface area (Å²) in [5.41, 5.74) is 0. The summed E-state index contributed by atoms with van der Waals surface area (Å²) >= 11 is 0. The number of ether oxygens (including phenoxy) is 3. The van der Waals surface area contributed by atoms with Gasteiger partial charge in [-0.15, -0.1) is 0 Å². The second-order valence-corrected chi connectivity index (χ2v) is 14.6. The van der Waals surface area contributed by atoms with Gasteiger partial charge in [0.05, 0.1) is 26.1 Å². The van der Waals surface area contributed by atoms with Crippen molar-refractivity contribution < 1.29 is 18.6 Å². The number of allylic oxidation sites excluding steroid dienone is 1. The van der Waals surface area contributed by atoms with Crippen molar-refractivity contribution in [2.75, 3.05) is 20.3 Å². The Balaban J connectivity index is 1.94. The lowest BCUT2D eigenvalue weighted by Gasteiger charge is -2.44. The Morgan fingerprint density at radius 2 is 1.62 bits per heavy atom. The molecular formula is C29H42O4Si. The summed E-state index contributed by atoms with van der Waals surface area (Å²) in [5, 5.41) is 2.50. The lowest BCUT2D eigenvalue weighted by Crippen LogP contribution is -2.67. The second kappa shape index (κ2) is 12.7. The lowest BCUT2D eigenvalue weighted by molar-refractivity contribution is -0.203. The van der Waals surface area contributed by atoms with Crippen molar-refractivity contribution in [3.8, 4) is 0 Å². The van der Waals surface area contributed by atoms with Crippen LogP contribution in [0, 0.1) is 5.92 Å². The van der Waals surface area contributed by atoms with Crippen LogP contribution in [0.3, 0.4) is 0 Å². The molecule has 0 N–H and O–H groups in total. The van der Waals surface area contributed by atoms with Gasteiger partial charge in [0.25, 0.3) is 8.32 Å². The molecule has 1 aliphatic heterocycles. The molecule has 1 unspecified atom stereocenters. The van der Waals surface area contributed by atoms with Crippen molar-refractivity contribution in [1.82, 2.24) is 0 Å². The Kier molecular flexibility index (Phi) is 9.95. The molecular weight excluding hydrogens is 440 g/mol. The minimum atomic E-state index is -2.63. The lowest BCUT2D eigenvalue weighted by atomic mass is 10.0. The van der Waals surface area contributed by atoms with Gasteiger partial charge >= 0.3 is 0 Å². The number of hydrogen-bond donors (Lipinski definition) is 0. The zero-order valence-electron chi connectivity index (χ0n) is 21.5. The van der Waals surface area contributed by atoms with Crippen LogP contribution in [0.1, 0.15) is 53.4 Å². The fourth-order valence-corrected chi connectivity index (χ4v) is 9.41. The maximum Gasteiger partial charge on any atom is 0.261 e. The average Bonchev–Trinajstić information content (AvgIpc) is 2.85. The zero-order chi connectivity index (χ0) is 24.4. The molecule has 0 spiro atoms. The van der Waals surface area contributed by atoms with Gasteiger partial charge < -0.3 is 18.6 Å². The molecule has 1 heterocycles. The third-order valence-corrected chi connectivity index (χ3v) is 11.7. The largest absolute Gasteiger partial charge is 0.505 e. The predicted octanol–water partition coefficient (Wildman–Crippen LogP) is 5.66. The van der Waals surface area contributed by atoms with Crippen LogP contribution in [-0.2, 0) is 18.6 Å². The molecule has 2 aromatic carbocycles. The maximum atomic E-state index is 7.20. The van der Waals surface area contributed by atoms with Crippen LogP contribution in [0.5, 0.6) is 0 Å². The van der Waals surface area contributed by atoms with Crippen molar-refractivity contribution >= 4 is 18.7 Å². The van der Waals surface area contributed by atoms with E-state index in [9.17, 15) is 0 Å². The van der Waals surface area contributed by atoms with Crippen LogP contribution >= 0.6 is 0 Å². The van der Waals surface area contributed by atoms with Gasteiger partial charge in [-0.2, -0.15) is 0 Å². The molecule has 0 aliphatic carbocycles. The van der Waals surface area contributed by atoms with Crippen LogP contribution in [0.4, 0.5) is 0 Å². The molecule has 2 aromatic rings. The molecule has 0 saturated carbocycles. The maximum absolute atomic E-state index is 7.20. The highest BCUT2D eigenvalue weighted by Crippen LogP contribution is 2.37. The second-order valence-electron chi connectivity index (χ2n) is 10.3. The summed E-state index contributed by atoms with van der Waals surface area (Å²) in [6.45, 7) is 10.4. The fourth-order valence-electron chi connectivity index (χ4n) is 4.84. The van der Waals surface area contributed by atoms with E-state index in [-0.39, 0.29) is 23.4 Å². The van der Waals surface area contributed by atoms with Crippen LogP contribution < -0.4 is 10.4 Å². The quantitative estimate of drug-likeness (QED) is 0.306. The molecule has 0 radical (unpaired) electrons. The van der Waals surface area contributed by atoms with Gasteiger partial charge in [0.2, 0.25) is 0 Å². The Morgan fingerprint density at radius 3 is 2.12 bits per heavy atom. The highest BCUT2D eigenvalue weighted by molar-refractivity contribution is 6.99. The van der Waals surface area contributed by atoms with Crippen molar-refractivity contribution in [2.24, 2.45) is 5.92 Å². The summed E-state index contributed by atoms with van der Waals surface area (Å²) < 4.78 is 24.8. The average molecular weight is 483 g/mol. The van der Waals surface area contributed by atoms with E-state index in [0.29, 0.717) is 6.61 Å². The van der Waals surface area contributed by atoms with E-state index in [1.54, 1.807) is 13.4 Å². The van der Waals surface area contributed by atoms with E-state index in [0.717, 1.165) is 32.3 Å². The van der Waals surface area contributed by atoms with E-state index in [1.807, 2.05) is 0 Å². The number of rotatable bonds is 11. The Labute approximate surface area is 207 Å². The molecule has 186 valence electrons. The van der Waals surface area contributed by atoms with Gasteiger partial charge in [-0.05, 0) is 53.1 Å². The van der Waals surface area contributed by atoms with Crippen molar-refractivity contribution in [1.29, 1.82) is 0 Å². The first-order valence-electron chi connectivity index (χ1n) is 12.6. The summed E-state index contributed by atoms with van der Waals surface area (Å²) in [7, 11) is -0.948. The normalized spacial score (nSPS) is 19.1. The standard InChI is InChI=1S/C29H42O4Si/c1-24(15-14-21-30-5)27(33-28-20-12-13-22-31-28)23-32-34(29(2,3)4,25-16-8-6-9-17-25)26-18-10-7-11-19-26/h6-11,14,16-19,21,24,27-28H,12-13,15,20,22-23H2,1-5H3/b21-14+/t24-,27+,28?/m0/s1. The monoisotopic (exact) mass is 482 g/mol. The zero-order valence-corrected chi connectivity index (χ0v) is 22.5. The minimum absolute atomic E-state index is 0.0687. The Morgan fingerprint density at radius 1 is 1.00 bits per heavy atom. The van der Waals surface area contributed by atoms with Gasteiger partial charge in [0.1, 0.15) is 0 Å². The van der Waals surface area contributed by atoms with Crippen molar-refractivity contribution in [3.63, 3.8) is 0 Å². The van der Waals surface area contributed by atoms with Crippen LogP contribution in [0.25, 0.3) is 0 Å². The molecule has 1 fully saturated rings. The summed E-state index contributed by atoms with van der Waals surface area (Å²) in [6, 6.07) is 21.6. The van der Waals surface area contributed by atoms with E-state index in [1.165, 1.54) is 10.4 Å². The molecule has 0 aromatic heterocycles. The summed E-state index contributed by atoms with van der Waals surface area (Å²) in [4.78, 5) is 0. The third-order valence-electron chi connectivity index (χ3n) is 6.72. The number of methoxy groups -OCH3 is 1. The van der Waals surface area contributed by atoms with E-state index >= 15 is 0 Å². The molecule has 0 bridgehead atoms. The first-order chi connectivity index (χ1) is 16.4. The highest BCUT2D eigenvalue weighted by atomic mass is 28.4. The van der Waals surface area contributed by atoms with Crippen molar-refractivity contribution in [2.45, 2.75) is 70.8 Å². The first-order valence-corrected chi connectivity index (χ1v) is 14.5. The molecule has 5 heteroatoms. The predicted molar refractivity (Wildman–Crippen MR) is 142 cm³/mol. The molecule has 1 aliphatic rings. The smallest absolute Gasteiger partial charge is 0.261 e. The van der Waals surface area contributed by atoms with Crippen LogP contribution in [0.2, 0.25) is 5.04 Å². The first kappa shape index (κ1) is 26.7. The van der Waals surface area contributed by atoms with Crippen molar-refractivity contribution in [3.05, 3.63) is 73.0 Å². The fraction of sp³-hybridized carbons (Fsp3) is 0.517. The topological polar surface area (TPSA) is 36.9 Å². The minimum Gasteiger partial charge on any atom is -0.505 e. The van der Waals surface area contributed by atoms with Crippen LogP contribution in [0.15, 0.2) is 73.0 Å². The van der Waals surface area contributed by atoms with Gasteiger partial charge in [-0.1, -0.05) is 88.4 Å². The Hall–Kier alpha value is -1.92. The van der Waals surface area contributed by atoms with Gasteiger partial charge in [-0.3, -0.25) is 0 Å². The molecule has 3 rings (SSSR count). The van der Waals surface area contributed by atoms with Gasteiger partial charge in [-0.25, -0.2) is 0 Å². The highest BCUT2D eigenvalue weighted by Gasteiger charge is 2.50. The van der Waals surface area contributed by atoms with Gasteiger partial charge in [0, 0.05) is 6.61 Å². The molecule has 1 saturated heterocycles. The van der Waals surface area contributed by atoms with E-state index < -0.39 is 8.32 Å². The van der Waals surface area contributed by atoms with Crippen LogP contribution in [-0.4, -0.2) is 41.0 Å². The van der Waals surface area contributed by atoms with E-state index in [2.05, 4.69) is 94.4 Å². The SMILES string of the molecule is CO/C=C/C[C@H](C)[C@@H](CO[Si](c1ccccc1)(c1ccccc1)C(C)(C)C)OC1CCCCO1. The molecule has 0 amide bonds.